The van der Waals surface area contributed by atoms with E-state index in [1.54, 1.807) is 37.4 Å². The van der Waals surface area contributed by atoms with Crippen LogP contribution in [0.25, 0.3) is 0 Å². The quantitative estimate of drug-likeness (QED) is 0.663. The molecule has 0 saturated carbocycles. The first kappa shape index (κ1) is 11.7. The normalized spacial score (nSPS) is 10.0. The summed E-state index contributed by atoms with van der Waals surface area (Å²) in [4.78, 5) is 12.9. The molecule has 0 heterocycles. The number of carbonyl (C=O) groups is 1. The first-order valence-corrected chi connectivity index (χ1v) is 5.64. The van der Waals surface area contributed by atoms with E-state index < -0.39 is 0 Å². The van der Waals surface area contributed by atoms with Crippen molar-refractivity contribution < 1.29 is 9.53 Å². The largest absolute Gasteiger partial charge is 0.496 e. The van der Waals surface area contributed by atoms with Crippen molar-refractivity contribution in [2.75, 3.05) is 7.11 Å². The fourth-order valence-electron chi connectivity index (χ4n) is 1.58. The predicted octanol–water partition coefficient (Wildman–Crippen LogP) is 3.21. The predicted molar refractivity (Wildman–Crippen MR) is 70.1 cm³/mol. The summed E-state index contributed by atoms with van der Waals surface area (Å²) < 4.78 is 5.14. The van der Waals surface area contributed by atoms with E-state index in [0.717, 1.165) is 4.90 Å². The van der Waals surface area contributed by atoms with E-state index >= 15 is 0 Å². The molecule has 0 aliphatic carbocycles. The molecule has 0 atom stereocenters. The Hall–Kier alpha value is -1.74. The van der Waals surface area contributed by atoms with Gasteiger partial charge < -0.3 is 4.74 Å². The van der Waals surface area contributed by atoms with Crippen LogP contribution in [-0.4, -0.2) is 12.9 Å². The second-order valence-electron chi connectivity index (χ2n) is 3.58. The van der Waals surface area contributed by atoms with E-state index in [2.05, 4.69) is 12.6 Å². The maximum atomic E-state index is 12.1. The molecule has 0 unspecified atom stereocenters. The van der Waals surface area contributed by atoms with Gasteiger partial charge in [0.15, 0.2) is 5.78 Å². The number of methoxy groups -OCH3 is 1. The highest BCUT2D eigenvalue weighted by Gasteiger charge is 2.10. The molecule has 0 fully saturated rings. The second kappa shape index (κ2) is 5.06. The molecular weight excluding hydrogens is 232 g/mol. The number of thiol groups is 1. The summed E-state index contributed by atoms with van der Waals surface area (Å²) in [6.07, 6.45) is 0. The summed E-state index contributed by atoms with van der Waals surface area (Å²) in [7, 11) is 1.56. The van der Waals surface area contributed by atoms with Gasteiger partial charge in [-0.25, -0.2) is 0 Å². The molecule has 0 saturated heterocycles. The van der Waals surface area contributed by atoms with Crippen LogP contribution in [-0.2, 0) is 0 Å². The third-order valence-electron chi connectivity index (χ3n) is 2.48. The SMILES string of the molecule is COc1cc(C(=O)c2ccccc2)ccc1S. The third-order valence-corrected chi connectivity index (χ3v) is 2.85. The van der Waals surface area contributed by atoms with Gasteiger partial charge in [-0.05, 0) is 18.2 Å². The zero-order valence-electron chi connectivity index (χ0n) is 9.38. The van der Waals surface area contributed by atoms with E-state index in [0.29, 0.717) is 16.9 Å². The average molecular weight is 244 g/mol. The minimum Gasteiger partial charge on any atom is -0.496 e. The molecule has 0 aromatic heterocycles. The van der Waals surface area contributed by atoms with Gasteiger partial charge in [-0.3, -0.25) is 4.79 Å². The van der Waals surface area contributed by atoms with E-state index in [-0.39, 0.29) is 5.78 Å². The molecule has 2 aromatic rings. The van der Waals surface area contributed by atoms with Gasteiger partial charge in [0.2, 0.25) is 0 Å². The van der Waals surface area contributed by atoms with Crippen molar-refractivity contribution in [3.05, 3.63) is 59.7 Å². The van der Waals surface area contributed by atoms with Crippen LogP contribution in [0.2, 0.25) is 0 Å². The number of hydrogen-bond donors (Lipinski definition) is 1. The fraction of sp³-hybridized carbons (Fsp3) is 0.0714. The third kappa shape index (κ3) is 2.50. The summed E-state index contributed by atoms with van der Waals surface area (Å²) in [5, 5.41) is 0. The Labute approximate surface area is 106 Å². The summed E-state index contributed by atoms with van der Waals surface area (Å²) >= 11 is 4.24. The molecule has 0 aliphatic rings. The van der Waals surface area contributed by atoms with Crippen molar-refractivity contribution in [1.29, 1.82) is 0 Å². The highest BCUT2D eigenvalue weighted by atomic mass is 32.1. The Bertz CT molecular complexity index is 535. The highest BCUT2D eigenvalue weighted by Crippen LogP contribution is 2.24. The smallest absolute Gasteiger partial charge is 0.193 e. The number of ether oxygens (including phenoxy) is 1. The molecule has 0 N–H and O–H groups in total. The molecule has 86 valence electrons. The minimum absolute atomic E-state index is 0.0165. The fourth-order valence-corrected chi connectivity index (χ4v) is 1.81. The number of ketones is 1. The summed E-state index contributed by atoms with van der Waals surface area (Å²) in [5.74, 6) is 0.590. The lowest BCUT2D eigenvalue weighted by Gasteiger charge is -2.06. The van der Waals surface area contributed by atoms with Crippen molar-refractivity contribution in [3.8, 4) is 5.75 Å². The monoisotopic (exact) mass is 244 g/mol. The molecule has 2 aromatic carbocycles. The number of rotatable bonds is 3. The van der Waals surface area contributed by atoms with Gasteiger partial charge in [0.25, 0.3) is 0 Å². The van der Waals surface area contributed by atoms with Crippen molar-refractivity contribution >= 4 is 18.4 Å². The van der Waals surface area contributed by atoms with Gasteiger partial charge in [0.1, 0.15) is 5.75 Å². The van der Waals surface area contributed by atoms with Gasteiger partial charge in [0.05, 0.1) is 7.11 Å². The molecule has 3 heteroatoms. The van der Waals surface area contributed by atoms with E-state index in [4.69, 9.17) is 4.74 Å². The van der Waals surface area contributed by atoms with Gasteiger partial charge in [-0.15, -0.1) is 12.6 Å². The number of hydrogen-bond acceptors (Lipinski definition) is 3. The lowest BCUT2D eigenvalue weighted by molar-refractivity contribution is 0.103. The van der Waals surface area contributed by atoms with Gasteiger partial charge in [0, 0.05) is 16.0 Å². The average Bonchev–Trinajstić information content (AvgIpc) is 2.39. The van der Waals surface area contributed by atoms with Gasteiger partial charge in [-0.2, -0.15) is 0 Å². The first-order valence-electron chi connectivity index (χ1n) is 5.19. The number of carbonyl (C=O) groups excluding carboxylic acids is 1. The molecule has 0 amide bonds. The van der Waals surface area contributed by atoms with E-state index in [9.17, 15) is 4.79 Å². The molecule has 0 spiro atoms. The van der Waals surface area contributed by atoms with Crippen molar-refractivity contribution in [1.82, 2.24) is 0 Å². The molecule has 2 rings (SSSR count). The maximum absolute atomic E-state index is 12.1. The van der Waals surface area contributed by atoms with Crippen LogP contribution in [0.1, 0.15) is 15.9 Å². The van der Waals surface area contributed by atoms with Crippen LogP contribution >= 0.6 is 12.6 Å². The topological polar surface area (TPSA) is 26.3 Å². The zero-order chi connectivity index (χ0) is 12.3. The molecule has 0 bridgehead atoms. The standard InChI is InChI=1S/C14H12O2S/c1-16-12-9-11(7-8-13(12)17)14(15)10-5-3-2-4-6-10/h2-9,17H,1H3. The molecule has 0 radical (unpaired) electrons. The van der Waals surface area contributed by atoms with Crippen molar-refractivity contribution in [2.24, 2.45) is 0 Å². The van der Waals surface area contributed by atoms with Gasteiger partial charge in [-0.1, -0.05) is 30.3 Å². The Morgan fingerprint density at radius 2 is 1.76 bits per heavy atom. The lowest BCUT2D eigenvalue weighted by Crippen LogP contribution is -2.01. The van der Waals surface area contributed by atoms with Crippen LogP contribution in [0, 0.1) is 0 Å². The van der Waals surface area contributed by atoms with E-state index in [1.807, 2.05) is 18.2 Å². The first-order chi connectivity index (χ1) is 8.22. The van der Waals surface area contributed by atoms with Gasteiger partial charge >= 0.3 is 0 Å². The molecular formula is C14H12O2S. The van der Waals surface area contributed by atoms with Crippen LogP contribution in [0.15, 0.2) is 53.4 Å². The van der Waals surface area contributed by atoms with Crippen molar-refractivity contribution in [2.45, 2.75) is 4.90 Å². The number of benzene rings is 2. The second-order valence-corrected chi connectivity index (χ2v) is 4.06. The lowest BCUT2D eigenvalue weighted by atomic mass is 10.0. The van der Waals surface area contributed by atoms with Crippen LogP contribution in [0.3, 0.4) is 0 Å². The minimum atomic E-state index is -0.0165. The Morgan fingerprint density at radius 3 is 2.41 bits per heavy atom. The molecule has 2 nitrogen and oxygen atoms in total. The maximum Gasteiger partial charge on any atom is 0.193 e. The molecule has 17 heavy (non-hydrogen) atoms. The Balaban J connectivity index is 2.38. The summed E-state index contributed by atoms with van der Waals surface area (Å²) in [6.45, 7) is 0. The molecule has 0 aliphatic heterocycles. The Kier molecular flexibility index (Phi) is 3.49. The Morgan fingerprint density at radius 1 is 1.06 bits per heavy atom. The highest BCUT2D eigenvalue weighted by molar-refractivity contribution is 7.80. The van der Waals surface area contributed by atoms with Crippen molar-refractivity contribution in [3.63, 3.8) is 0 Å². The van der Waals surface area contributed by atoms with E-state index in [1.165, 1.54) is 0 Å². The summed E-state index contributed by atoms with van der Waals surface area (Å²) in [5.41, 5.74) is 1.27. The van der Waals surface area contributed by atoms with Crippen LogP contribution in [0.5, 0.6) is 5.75 Å². The van der Waals surface area contributed by atoms with Crippen LogP contribution < -0.4 is 4.74 Å². The van der Waals surface area contributed by atoms with Crippen LogP contribution in [0.4, 0.5) is 0 Å². The zero-order valence-corrected chi connectivity index (χ0v) is 10.3. The summed E-state index contributed by atoms with van der Waals surface area (Å²) in [6, 6.07) is 14.4.